The van der Waals surface area contributed by atoms with Crippen molar-refractivity contribution in [2.45, 2.75) is 40.8 Å². The zero-order chi connectivity index (χ0) is 42.3. The lowest BCUT2D eigenvalue weighted by molar-refractivity contribution is -0.137. The van der Waals surface area contributed by atoms with Crippen LogP contribution in [0.5, 0.6) is 0 Å². The fourth-order valence-electron chi connectivity index (χ4n) is 8.58. The number of alkyl halides is 3. The molecule has 6 aromatic carbocycles. The van der Waals surface area contributed by atoms with Crippen molar-refractivity contribution in [3.8, 4) is 45.3 Å². The summed E-state index contributed by atoms with van der Waals surface area (Å²) >= 11 is 0. The monoisotopic (exact) mass is 805 g/mol. The molecule has 0 radical (unpaired) electrons. The number of hydrogen-bond donors (Lipinski definition) is 0. The van der Waals surface area contributed by atoms with Crippen molar-refractivity contribution in [2.24, 2.45) is 0 Å². The quantitative estimate of drug-likeness (QED) is 0.161. The molecule has 12 heteroatoms. The molecule has 4 heterocycles. The maximum Gasteiger partial charge on any atom is 0.416 e. The molecule has 9 nitrogen and oxygen atoms in total. The third-order valence-electron chi connectivity index (χ3n) is 11.0. The summed E-state index contributed by atoms with van der Waals surface area (Å²) in [6.45, 7) is 17.5. The van der Waals surface area contributed by atoms with E-state index in [2.05, 4.69) is 68.1 Å². The van der Waals surface area contributed by atoms with Crippen molar-refractivity contribution in [1.82, 2.24) is 39.0 Å². The van der Waals surface area contributed by atoms with Crippen LogP contribution in [0.3, 0.4) is 0 Å². The van der Waals surface area contributed by atoms with Gasteiger partial charge in [0, 0.05) is 32.7 Å². The third-order valence-corrected chi connectivity index (χ3v) is 11.0. The first kappa shape index (κ1) is 37.5. The Balaban J connectivity index is 1.32. The molecule has 296 valence electrons. The minimum atomic E-state index is -4.58. The molecule has 0 amide bonds. The number of hydrogen-bond acceptors (Lipinski definition) is 6. The first-order valence-electron chi connectivity index (χ1n) is 19.6. The largest absolute Gasteiger partial charge is 0.416 e. The standard InChI is InChI=1S/C49H34F3N9/c1-26-19-33(21-34(20-26)49(50,51)52)37-24-45(60-41-13-9-7-11-35(41)38-22-31(15-17-43(38)60)47-56-27(2)54-28(3)57-47)46(25-40(37)53-6)61-42-14-10-8-12-36(42)39-23-32(16-18-44(39)61)48-58-29(4)55-30(5)59-48/h7-25H,1-5H3. The van der Waals surface area contributed by atoms with Gasteiger partial charge in [-0.1, -0.05) is 42.5 Å². The van der Waals surface area contributed by atoms with Gasteiger partial charge >= 0.3 is 6.18 Å². The van der Waals surface area contributed by atoms with Gasteiger partial charge < -0.3 is 9.13 Å². The Bertz CT molecular complexity index is 3460. The van der Waals surface area contributed by atoms with Crippen molar-refractivity contribution in [2.75, 3.05) is 0 Å². The molecule has 0 spiro atoms. The Morgan fingerprint density at radius 3 is 1.41 bits per heavy atom. The van der Waals surface area contributed by atoms with E-state index in [4.69, 9.17) is 6.57 Å². The van der Waals surface area contributed by atoms with Gasteiger partial charge in [-0.15, -0.1) is 0 Å². The van der Waals surface area contributed by atoms with Gasteiger partial charge in [0.05, 0.1) is 45.6 Å². The summed E-state index contributed by atoms with van der Waals surface area (Å²) in [7, 11) is 0. The Kier molecular flexibility index (Phi) is 8.55. The van der Waals surface area contributed by atoms with Crippen molar-refractivity contribution < 1.29 is 13.2 Å². The molecule has 0 aliphatic carbocycles. The average molecular weight is 806 g/mol. The van der Waals surface area contributed by atoms with Gasteiger partial charge in [0.1, 0.15) is 23.3 Å². The fourth-order valence-corrected chi connectivity index (χ4v) is 8.58. The molecule has 0 fully saturated rings. The Morgan fingerprint density at radius 2 is 0.934 bits per heavy atom. The molecule has 4 aromatic heterocycles. The Morgan fingerprint density at radius 1 is 0.475 bits per heavy atom. The van der Waals surface area contributed by atoms with Crippen LogP contribution in [0.1, 0.15) is 34.4 Å². The third kappa shape index (κ3) is 6.33. The smallest absolute Gasteiger partial charge is 0.308 e. The van der Waals surface area contributed by atoms with Gasteiger partial charge in [0.2, 0.25) is 0 Å². The molecule has 61 heavy (non-hydrogen) atoms. The predicted molar refractivity (Wildman–Crippen MR) is 233 cm³/mol. The molecular weight excluding hydrogens is 772 g/mol. The summed E-state index contributed by atoms with van der Waals surface area (Å²) in [5.41, 5.74) is 6.95. The van der Waals surface area contributed by atoms with Crippen LogP contribution in [0.15, 0.2) is 115 Å². The van der Waals surface area contributed by atoms with Gasteiger partial charge in [0.15, 0.2) is 17.3 Å². The highest BCUT2D eigenvalue weighted by Gasteiger charge is 2.32. The van der Waals surface area contributed by atoms with E-state index < -0.39 is 11.7 Å². The molecule has 0 aliphatic rings. The van der Waals surface area contributed by atoms with Crippen LogP contribution < -0.4 is 0 Å². The summed E-state index contributed by atoms with van der Waals surface area (Å²) in [5.74, 6) is 3.59. The van der Waals surface area contributed by atoms with E-state index in [1.807, 2.05) is 94.4 Å². The van der Waals surface area contributed by atoms with E-state index in [1.54, 1.807) is 19.1 Å². The second kappa shape index (κ2) is 13.9. The van der Waals surface area contributed by atoms with Gasteiger partial charge in [-0.2, -0.15) is 13.2 Å². The van der Waals surface area contributed by atoms with E-state index >= 15 is 0 Å². The summed E-state index contributed by atoms with van der Waals surface area (Å²) in [5, 5.41) is 3.78. The predicted octanol–water partition coefficient (Wildman–Crippen LogP) is 12.4. The van der Waals surface area contributed by atoms with E-state index in [1.165, 1.54) is 0 Å². The number of para-hydroxylation sites is 2. The van der Waals surface area contributed by atoms with Crippen molar-refractivity contribution in [3.63, 3.8) is 0 Å². The topological polar surface area (TPSA) is 91.6 Å². The Labute approximate surface area is 347 Å². The van der Waals surface area contributed by atoms with Crippen LogP contribution in [0.2, 0.25) is 0 Å². The number of benzene rings is 6. The number of aromatic nitrogens is 8. The van der Waals surface area contributed by atoms with Crippen LogP contribution in [-0.4, -0.2) is 39.0 Å². The SMILES string of the molecule is [C-]#[N+]c1cc(-n2c3ccccc3c3cc(-c4nc(C)nc(C)n4)ccc32)c(-n2c3ccccc3c3cc(-c4nc(C)nc(C)n4)ccc32)cc1-c1cc(C)cc(C(F)(F)F)c1. The average Bonchev–Trinajstić information content (AvgIpc) is 3.74. The summed E-state index contributed by atoms with van der Waals surface area (Å²) < 4.78 is 47.3. The normalized spacial score (nSPS) is 11.9. The highest BCUT2D eigenvalue weighted by molar-refractivity contribution is 6.13. The summed E-state index contributed by atoms with van der Waals surface area (Å²) in [4.78, 5) is 31.3. The number of nitrogens with zero attached hydrogens (tertiary/aromatic N) is 9. The van der Waals surface area contributed by atoms with Crippen molar-refractivity contribution in [1.29, 1.82) is 0 Å². The van der Waals surface area contributed by atoms with Crippen molar-refractivity contribution in [3.05, 3.63) is 161 Å². The van der Waals surface area contributed by atoms with Gasteiger partial charge in [-0.25, -0.2) is 34.7 Å². The first-order chi connectivity index (χ1) is 29.3. The molecule has 0 aliphatic heterocycles. The summed E-state index contributed by atoms with van der Waals surface area (Å²) in [6.07, 6.45) is -4.58. The van der Waals surface area contributed by atoms with Gasteiger partial charge in [-0.05, 0) is 124 Å². The van der Waals surface area contributed by atoms with Crippen LogP contribution >= 0.6 is 0 Å². The van der Waals surface area contributed by atoms with E-state index in [-0.39, 0.29) is 5.69 Å². The Hall–Kier alpha value is -7.78. The lowest BCUT2D eigenvalue weighted by Gasteiger charge is -2.20. The van der Waals surface area contributed by atoms with Crippen LogP contribution in [0, 0.1) is 41.2 Å². The molecule has 0 atom stereocenters. The van der Waals surface area contributed by atoms with Gasteiger partial charge in [-0.3, -0.25) is 0 Å². The molecule has 0 N–H and O–H groups in total. The molecule has 0 bridgehead atoms. The van der Waals surface area contributed by atoms with Gasteiger partial charge in [0.25, 0.3) is 0 Å². The van der Waals surface area contributed by atoms with E-state index in [0.29, 0.717) is 63.0 Å². The van der Waals surface area contributed by atoms with E-state index in [9.17, 15) is 13.2 Å². The molecule has 0 saturated heterocycles. The highest BCUT2D eigenvalue weighted by Crippen LogP contribution is 2.45. The molecule has 0 saturated carbocycles. The number of halogens is 3. The number of aryl methyl sites for hydroxylation is 5. The van der Waals surface area contributed by atoms with E-state index in [0.717, 1.165) is 66.9 Å². The first-order valence-corrected chi connectivity index (χ1v) is 19.6. The summed E-state index contributed by atoms with van der Waals surface area (Å²) in [6, 6.07) is 35.9. The van der Waals surface area contributed by atoms with Crippen LogP contribution in [0.25, 0.3) is 93.7 Å². The molecule has 10 aromatic rings. The van der Waals surface area contributed by atoms with Crippen LogP contribution in [0.4, 0.5) is 18.9 Å². The number of rotatable bonds is 5. The maximum atomic E-state index is 14.3. The zero-order valence-corrected chi connectivity index (χ0v) is 33.6. The molecular formula is C49H34F3N9. The fraction of sp³-hybridized carbons (Fsp3) is 0.122. The van der Waals surface area contributed by atoms with Crippen molar-refractivity contribution >= 4 is 49.3 Å². The lowest BCUT2D eigenvalue weighted by atomic mass is 9.97. The minimum Gasteiger partial charge on any atom is -0.308 e. The maximum absolute atomic E-state index is 14.3. The number of fused-ring (bicyclic) bond motifs is 6. The second-order valence-electron chi connectivity index (χ2n) is 15.2. The molecule has 0 unspecified atom stereocenters. The minimum absolute atomic E-state index is 0.208. The molecule has 10 rings (SSSR count). The lowest BCUT2D eigenvalue weighted by Crippen LogP contribution is -2.06. The zero-order valence-electron chi connectivity index (χ0n) is 33.6. The second-order valence-corrected chi connectivity index (χ2v) is 15.2. The highest BCUT2D eigenvalue weighted by atomic mass is 19.4. The van der Waals surface area contributed by atoms with Crippen LogP contribution in [-0.2, 0) is 6.18 Å².